The van der Waals surface area contributed by atoms with Crippen molar-refractivity contribution >= 4 is 17.1 Å². The van der Waals surface area contributed by atoms with Gasteiger partial charge in [0.1, 0.15) is 0 Å². The largest absolute Gasteiger partial charge is 0.357 e. The summed E-state index contributed by atoms with van der Waals surface area (Å²) in [5, 5.41) is 4.27. The summed E-state index contributed by atoms with van der Waals surface area (Å²) in [6.07, 6.45) is 6.28. The smallest absolute Gasteiger partial charge is 0.178 e. The number of carbonyl (C=O) groups is 1. The fourth-order valence-corrected chi connectivity index (χ4v) is 2.97. The number of ketones is 1. The highest BCUT2D eigenvalue weighted by Crippen LogP contribution is 2.28. The Morgan fingerprint density at radius 1 is 1.47 bits per heavy atom. The number of thiophene rings is 1. The predicted molar refractivity (Wildman–Crippen MR) is 77.5 cm³/mol. The molecular weight excluding hydrogens is 256 g/mol. The minimum Gasteiger partial charge on any atom is -0.357 e. The van der Waals surface area contributed by atoms with Crippen LogP contribution in [-0.4, -0.2) is 27.8 Å². The summed E-state index contributed by atoms with van der Waals surface area (Å²) in [5.41, 5.74) is 2.14. The molecule has 1 fully saturated rings. The van der Waals surface area contributed by atoms with Gasteiger partial charge in [0.2, 0.25) is 0 Å². The van der Waals surface area contributed by atoms with Crippen molar-refractivity contribution in [3.8, 4) is 0 Å². The zero-order valence-electron chi connectivity index (χ0n) is 11.1. The molecule has 19 heavy (non-hydrogen) atoms. The lowest BCUT2D eigenvalue weighted by Gasteiger charge is -2.20. The van der Waals surface area contributed by atoms with E-state index in [9.17, 15) is 4.79 Å². The van der Waals surface area contributed by atoms with Crippen LogP contribution >= 0.6 is 11.3 Å². The second kappa shape index (κ2) is 5.31. The van der Waals surface area contributed by atoms with Crippen LogP contribution in [0, 0.1) is 0 Å². The number of nitrogens with zero attached hydrogens (tertiary/aromatic N) is 2. The molecule has 2 aromatic rings. The highest BCUT2D eigenvalue weighted by atomic mass is 32.1. The third kappa shape index (κ3) is 3.14. The van der Waals surface area contributed by atoms with Crippen molar-refractivity contribution < 1.29 is 4.79 Å². The number of Topliss-reactive ketones (excluding diaryl/α,β-unsaturated/α-hetero) is 1. The third-order valence-corrected chi connectivity index (χ3v) is 4.26. The standard InChI is InChI=1S/C15H18N2OS/c1-16-6-4-13(9-16)15(18)10-17(14-2-3-14)8-12-5-7-19-11-12/h4-7,9,11,14H,2-3,8,10H2,1H3. The molecule has 2 aromatic heterocycles. The molecule has 0 radical (unpaired) electrons. The summed E-state index contributed by atoms with van der Waals surface area (Å²) in [4.78, 5) is 14.6. The van der Waals surface area contributed by atoms with Gasteiger partial charge in [-0.05, 0) is 41.3 Å². The zero-order valence-corrected chi connectivity index (χ0v) is 11.9. The molecule has 0 N–H and O–H groups in total. The first-order valence-corrected chi connectivity index (χ1v) is 7.57. The maximum atomic E-state index is 12.3. The summed E-state index contributed by atoms with van der Waals surface area (Å²) < 4.78 is 1.92. The minimum atomic E-state index is 0.225. The highest BCUT2D eigenvalue weighted by molar-refractivity contribution is 7.07. The van der Waals surface area contributed by atoms with Crippen molar-refractivity contribution in [3.05, 3.63) is 46.4 Å². The molecule has 0 amide bonds. The van der Waals surface area contributed by atoms with Gasteiger partial charge in [0.15, 0.2) is 5.78 Å². The Labute approximate surface area is 117 Å². The van der Waals surface area contributed by atoms with E-state index in [0.717, 1.165) is 12.1 Å². The van der Waals surface area contributed by atoms with Crippen molar-refractivity contribution in [2.24, 2.45) is 7.05 Å². The highest BCUT2D eigenvalue weighted by Gasteiger charge is 2.30. The van der Waals surface area contributed by atoms with Crippen molar-refractivity contribution in [1.82, 2.24) is 9.47 Å². The molecule has 3 nitrogen and oxygen atoms in total. The third-order valence-electron chi connectivity index (χ3n) is 3.53. The molecular formula is C15H18N2OS. The van der Waals surface area contributed by atoms with Gasteiger partial charge in [-0.3, -0.25) is 9.69 Å². The van der Waals surface area contributed by atoms with Crippen molar-refractivity contribution in [3.63, 3.8) is 0 Å². The second-order valence-electron chi connectivity index (χ2n) is 5.26. The van der Waals surface area contributed by atoms with Crippen LogP contribution in [0.3, 0.4) is 0 Å². The monoisotopic (exact) mass is 274 g/mol. The van der Waals surface area contributed by atoms with Crippen LogP contribution in [0.4, 0.5) is 0 Å². The lowest BCUT2D eigenvalue weighted by Crippen LogP contribution is -2.31. The Morgan fingerprint density at radius 3 is 2.89 bits per heavy atom. The molecule has 2 heterocycles. The normalized spacial score (nSPS) is 15.1. The molecule has 0 atom stereocenters. The van der Waals surface area contributed by atoms with E-state index in [0.29, 0.717) is 12.6 Å². The maximum absolute atomic E-state index is 12.3. The van der Waals surface area contributed by atoms with E-state index in [2.05, 4.69) is 21.7 Å². The van der Waals surface area contributed by atoms with E-state index < -0.39 is 0 Å². The Bertz CT molecular complexity index is 554. The van der Waals surface area contributed by atoms with E-state index in [1.165, 1.54) is 18.4 Å². The fraction of sp³-hybridized carbons (Fsp3) is 0.400. The number of aryl methyl sites for hydroxylation is 1. The molecule has 4 heteroatoms. The van der Waals surface area contributed by atoms with Gasteiger partial charge >= 0.3 is 0 Å². The van der Waals surface area contributed by atoms with Crippen molar-refractivity contribution in [2.45, 2.75) is 25.4 Å². The van der Waals surface area contributed by atoms with Gasteiger partial charge in [0, 0.05) is 37.6 Å². The molecule has 1 saturated carbocycles. The average Bonchev–Trinajstić information content (AvgIpc) is 2.94. The van der Waals surface area contributed by atoms with E-state index in [4.69, 9.17) is 0 Å². The van der Waals surface area contributed by atoms with Gasteiger partial charge in [-0.2, -0.15) is 11.3 Å². The molecule has 100 valence electrons. The van der Waals surface area contributed by atoms with E-state index in [-0.39, 0.29) is 5.78 Å². The summed E-state index contributed by atoms with van der Waals surface area (Å²) >= 11 is 1.72. The molecule has 3 rings (SSSR count). The Hall–Kier alpha value is -1.39. The van der Waals surface area contributed by atoms with E-state index >= 15 is 0 Å². The van der Waals surface area contributed by atoms with Gasteiger partial charge in [-0.25, -0.2) is 0 Å². The van der Waals surface area contributed by atoms with Crippen LogP contribution in [0.25, 0.3) is 0 Å². The predicted octanol–water partition coefficient (Wildman–Crippen LogP) is 2.93. The topological polar surface area (TPSA) is 25.2 Å². The van der Waals surface area contributed by atoms with Crippen molar-refractivity contribution in [1.29, 1.82) is 0 Å². The molecule has 0 unspecified atom stereocenters. The first-order valence-electron chi connectivity index (χ1n) is 6.62. The number of carbonyl (C=O) groups excluding carboxylic acids is 1. The minimum absolute atomic E-state index is 0.225. The van der Waals surface area contributed by atoms with Gasteiger partial charge in [-0.1, -0.05) is 0 Å². The molecule has 0 saturated heterocycles. The molecule has 1 aliphatic rings. The molecule has 0 bridgehead atoms. The summed E-state index contributed by atoms with van der Waals surface area (Å²) in [5.74, 6) is 0.225. The Morgan fingerprint density at radius 2 is 2.32 bits per heavy atom. The second-order valence-corrected chi connectivity index (χ2v) is 6.04. The van der Waals surface area contributed by atoms with Crippen LogP contribution in [0.5, 0.6) is 0 Å². The number of rotatable bonds is 6. The van der Waals surface area contributed by atoms with Gasteiger partial charge in [-0.15, -0.1) is 0 Å². The van der Waals surface area contributed by atoms with Gasteiger partial charge in [0.05, 0.1) is 6.54 Å². The molecule has 1 aliphatic carbocycles. The van der Waals surface area contributed by atoms with E-state index in [1.807, 2.05) is 30.1 Å². The first-order chi connectivity index (χ1) is 9.22. The number of aromatic nitrogens is 1. The summed E-state index contributed by atoms with van der Waals surface area (Å²) in [6.45, 7) is 1.43. The van der Waals surface area contributed by atoms with Crippen LogP contribution in [0.15, 0.2) is 35.3 Å². The van der Waals surface area contributed by atoms with Crippen LogP contribution in [0.2, 0.25) is 0 Å². The summed E-state index contributed by atoms with van der Waals surface area (Å²) in [7, 11) is 1.95. The number of hydrogen-bond donors (Lipinski definition) is 0. The quantitative estimate of drug-likeness (QED) is 0.757. The number of hydrogen-bond acceptors (Lipinski definition) is 3. The molecule has 0 spiro atoms. The molecule has 0 aliphatic heterocycles. The summed E-state index contributed by atoms with van der Waals surface area (Å²) in [6, 6.07) is 4.65. The van der Waals surface area contributed by atoms with Gasteiger partial charge in [0.25, 0.3) is 0 Å². The van der Waals surface area contributed by atoms with Crippen LogP contribution in [0.1, 0.15) is 28.8 Å². The van der Waals surface area contributed by atoms with Crippen LogP contribution < -0.4 is 0 Å². The Balaban J connectivity index is 1.66. The van der Waals surface area contributed by atoms with E-state index in [1.54, 1.807) is 11.3 Å². The lowest BCUT2D eigenvalue weighted by atomic mass is 10.2. The molecule has 0 aromatic carbocycles. The first kappa shape index (κ1) is 12.6. The Kier molecular flexibility index (Phi) is 3.53. The van der Waals surface area contributed by atoms with Crippen LogP contribution in [-0.2, 0) is 13.6 Å². The zero-order chi connectivity index (χ0) is 13.2. The van der Waals surface area contributed by atoms with Crippen molar-refractivity contribution in [2.75, 3.05) is 6.54 Å². The maximum Gasteiger partial charge on any atom is 0.178 e. The SMILES string of the molecule is Cn1ccc(C(=O)CN(Cc2ccsc2)C2CC2)c1. The van der Waals surface area contributed by atoms with Gasteiger partial charge < -0.3 is 4.57 Å². The fourth-order valence-electron chi connectivity index (χ4n) is 2.31. The lowest BCUT2D eigenvalue weighted by molar-refractivity contribution is 0.0919. The average molecular weight is 274 g/mol.